The van der Waals surface area contributed by atoms with E-state index in [-0.39, 0.29) is 11.7 Å². The fourth-order valence-corrected chi connectivity index (χ4v) is 4.27. The summed E-state index contributed by atoms with van der Waals surface area (Å²) in [5.41, 5.74) is 5.14. The van der Waals surface area contributed by atoms with Gasteiger partial charge in [-0.2, -0.15) is 4.98 Å². The number of aromatic nitrogens is 4. The van der Waals surface area contributed by atoms with Gasteiger partial charge >= 0.3 is 0 Å². The summed E-state index contributed by atoms with van der Waals surface area (Å²) in [5, 5.41) is 7.37. The Morgan fingerprint density at radius 1 is 1.00 bits per heavy atom. The average Bonchev–Trinajstić information content (AvgIpc) is 3.24. The Morgan fingerprint density at radius 2 is 1.76 bits per heavy atom. The summed E-state index contributed by atoms with van der Waals surface area (Å²) in [6.07, 6.45) is 1.20. The number of aryl methyl sites for hydroxylation is 4. The second-order valence-corrected chi connectivity index (χ2v) is 8.40. The maximum atomic E-state index is 13.7. The molecule has 0 aliphatic carbocycles. The van der Waals surface area contributed by atoms with E-state index in [1.807, 2.05) is 75.4 Å². The molecule has 1 unspecified atom stereocenters. The van der Waals surface area contributed by atoms with Crippen LogP contribution in [0.15, 0.2) is 54.6 Å². The zero-order chi connectivity index (χ0) is 23.1. The second-order valence-electron chi connectivity index (χ2n) is 8.40. The van der Waals surface area contributed by atoms with Crippen molar-refractivity contribution in [2.75, 3.05) is 10.2 Å². The summed E-state index contributed by atoms with van der Waals surface area (Å²) in [4.78, 5) is 37.3. The number of carbonyl (C=O) groups is 2. The zero-order valence-corrected chi connectivity index (χ0v) is 18.7. The number of benzene rings is 2. The zero-order valence-electron chi connectivity index (χ0n) is 18.7. The predicted octanol–water partition coefficient (Wildman–Crippen LogP) is 3.65. The lowest BCUT2D eigenvalue weighted by molar-refractivity contribution is -0.117. The van der Waals surface area contributed by atoms with E-state index in [4.69, 9.17) is 0 Å². The molecule has 1 aliphatic heterocycles. The molecular weight excluding hydrogens is 416 g/mol. The van der Waals surface area contributed by atoms with E-state index in [0.717, 1.165) is 22.5 Å². The monoisotopic (exact) mass is 440 g/mol. The highest BCUT2D eigenvalue weighted by Gasteiger charge is 2.37. The van der Waals surface area contributed by atoms with Crippen molar-refractivity contribution in [2.45, 2.75) is 39.7 Å². The summed E-state index contributed by atoms with van der Waals surface area (Å²) >= 11 is 0. The molecule has 3 heterocycles. The maximum Gasteiger partial charge on any atom is 0.298 e. The van der Waals surface area contributed by atoms with Crippen molar-refractivity contribution in [3.05, 3.63) is 82.9 Å². The number of rotatable bonds is 3. The van der Waals surface area contributed by atoms with Crippen molar-refractivity contribution in [3.8, 4) is 0 Å². The Labute approximate surface area is 191 Å². The van der Waals surface area contributed by atoms with Crippen LogP contribution in [0.5, 0.6) is 0 Å². The molecule has 5 rings (SSSR count). The Morgan fingerprint density at radius 3 is 2.55 bits per heavy atom. The minimum atomic E-state index is -0.684. The average molecular weight is 441 g/mol. The minimum Gasteiger partial charge on any atom is -0.324 e. The smallest absolute Gasteiger partial charge is 0.298 e. The molecular formula is C25H24N6O2. The van der Waals surface area contributed by atoms with E-state index in [0.29, 0.717) is 30.0 Å². The highest BCUT2D eigenvalue weighted by atomic mass is 16.2. The van der Waals surface area contributed by atoms with Gasteiger partial charge in [-0.05, 0) is 63.4 Å². The number of hydrogen-bond acceptors (Lipinski definition) is 5. The van der Waals surface area contributed by atoms with E-state index in [1.54, 1.807) is 4.52 Å². The molecule has 0 fully saturated rings. The van der Waals surface area contributed by atoms with Crippen LogP contribution in [0.2, 0.25) is 0 Å². The number of anilines is 2. The number of amides is 2. The van der Waals surface area contributed by atoms with Gasteiger partial charge in [-0.15, -0.1) is 5.10 Å². The Bertz CT molecular complexity index is 1380. The summed E-state index contributed by atoms with van der Waals surface area (Å²) < 4.78 is 1.55. The third kappa shape index (κ3) is 3.84. The first-order valence-electron chi connectivity index (χ1n) is 10.9. The Kier molecular flexibility index (Phi) is 5.12. The van der Waals surface area contributed by atoms with E-state index in [2.05, 4.69) is 20.4 Å². The van der Waals surface area contributed by atoms with Gasteiger partial charge in [0, 0.05) is 22.8 Å². The van der Waals surface area contributed by atoms with Gasteiger partial charge in [0.15, 0.2) is 0 Å². The predicted molar refractivity (Wildman–Crippen MR) is 125 cm³/mol. The topological polar surface area (TPSA) is 92.5 Å². The number of fused-ring (bicyclic) bond motifs is 2. The van der Waals surface area contributed by atoms with Crippen molar-refractivity contribution in [3.63, 3.8) is 0 Å². The fourth-order valence-electron chi connectivity index (χ4n) is 4.27. The Hall–Kier alpha value is -4.07. The SMILES string of the molecule is Cc1ccc(NC(=O)C2CCc3ccccc3N2C(=O)c2nc3nc(C)cc(C)n3n2)cc1. The summed E-state index contributed by atoms with van der Waals surface area (Å²) in [7, 11) is 0. The highest BCUT2D eigenvalue weighted by Crippen LogP contribution is 2.32. The Balaban J connectivity index is 1.53. The van der Waals surface area contributed by atoms with Gasteiger partial charge in [0.1, 0.15) is 6.04 Å². The largest absolute Gasteiger partial charge is 0.324 e. The molecule has 2 aromatic carbocycles. The second kappa shape index (κ2) is 8.12. The highest BCUT2D eigenvalue weighted by molar-refractivity contribution is 6.11. The van der Waals surface area contributed by atoms with Gasteiger partial charge in [0.25, 0.3) is 11.7 Å². The minimum absolute atomic E-state index is 0.0149. The van der Waals surface area contributed by atoms with Gasteiger partial charge < -0.3 is 5.32 Å². The molecule has 2 aromatic heterocycles. The summed E-state index contributed by atoms with van der Waals surface area (Å²) in [6.45, 7) is 5.75. The number of para-hydroxylation sites is 1. The summed E-state index contributed by atoms with van der Waals surface area (Å²) in [5.74, 6) is -0.285. The van der Waals surface area contributed by atoms with Crippen LogP contribution < -0.4 is 10.2 Å². The van der Waals surface area contributed by atoms with E-state index in [1.165, 1.54) is 4.90 Å². The van der Waals surface area contributed by atoms with Crippen LogP contribution in [0.3, 0.4) is 0 Å². The lowest BCUT2D eigenvalue weighted by Gasteiger charge is -2.35. The van der Waals surface area contributed by atoms with E-state index in [9.17, 15) is 9.59 Å². The molecule has 0 radical (unpaired) electrons. The lowest BCUT2D eigenvalue weighted by atomic mass is 9.94. The van der Waals surface area contributed by atoms with Crippen molar-refractivity contribution >= 4 is 29.0 Å². The third-order valence-corrected chi connectivity index (χ3v) is 5.90. The summed E-state index contributed by atoms with van der Waals surface area (Å²) in [6, 6.07) is 16.4. The van der Waals surface area contributed by atoms with Gasteiger partial charge in [0.05, 0.1) is 0 Å². The van der Waals surface area contributed by atoms with Gasteiger partial charge in [0.2, 0.25) is 11.7 Å². The van der Waals surface area contributed by atoms with Crippen LogP contribution in [-0.2, 0) is 11.2 Å². The van der Waals surface area contributed by atoms with Crippen molar-refractivity contribution in [2.24, 2.45) is 0 Å². The van der Waals surface area contributed by atoms with Crippen molar-refractivity contribution in [1.82, 2.24) is 19.6 Å². The molecule has 8 heteroatoms. The first-order valence-corrected chi connectivity index (χ1v) is 10.9. The van der Waals surface area contributed by atoms with E-state index < -0.39 is 11.9 Å². The first kappa shape index (κ1) is 20.8. The molecule has 33 heavy (non-hydrogen) atoms. The van der Waals surface area contributed by atoms with Crippen LogP contribution in [0.25, 0.3) is 5.78 Å². The molecule has 8 nitrogen and oxygen atoms in total. The molecule has 1 N–H and O–H groups in total. The maximum absolute atomic E-state index is 13.7. The quantitative estimate of drug-likeness (QED) is 0.525. The van der Waals surface area contributed by atoms with Crippen LogP contribution in [-0.4, -0.2) is 37.4 Å². The van der Waals surface area contributed by atoms with Gasteiger partial charge in [-0.3, -0.25) is 14.5 Å². The molecule has 0 bridgehead atoms. The molecule has 166 valence electrons. The number of nitrogens with zero attached hydrogens (tertiary/aromatic N) is 5. The fraction of sp³-hybridized carbons (Fsp3) is 0.240. The molecule has 1 atom stereocenters. The van der Waals surface area contributed by atoms with Crippen LogP contribution in [0.1, 0.15) is 39.6 Å². The standard InChI is InChI=1S/C25H24N6O2/c1-15-8-11-19(12-9-15)27-23(32)21-13-10-18-6-4-5-7-20(18)30(21)24(33)22-28-25-26-16(2)14-17(3)31(25)29-22/h4-9,11-12,14,21H,10,13H2,1-3H3,(H,27,32). The van der Waals surface area contributed by atoms with Crippen molar-refractivity contribution < 1.29 is 9.59 Å². The van der Waals surface area contributed by atoms with E-state index >= 15 is 0 Å². The molecule has 4 aromatic rings. The number of nitrogens with one attached hydrogen (secondary N) is 1. The molecule has 0 spiro atoms. The molecule has 0 saturated heterocycles. The first-order chi connectivity index (χ1) is 15.9. The van der Waals surface area contributed by atoms with Crippen molar-refractivity contribution in [1.29, 1.82) is 0 Å². The van der Waals surface area contributed by atoms with Crippen LogP contribution >= 0.6 is 0 Å². The number of carbonyl (C=O) groups excluding carboxylic acids is 2. The molecule has 1 aliphatic rings. The normalized spacial score (nSPS) is 15.4. The van der Waals surface area contributed by atoms with Crippen LogP contribution in [0, 0.1) is 20.8 Å². The third-order valence-electron chi connectivity index (χ3n) is 5.90. The lowest BCUT2D eigenvalue weighted by Crippen LogP contribution is -2.50. The molecule has 2 amide bonds. The number of hydrogen-bond donors (Lipinski definition) is 1. The van der Waals surface area contributed by atoms with Gasteiger partial charge in [-0.1, -0.05) is 35.9 Å². The molecule has 0 saturated carbocycles. The van der Waals surface area contributed by atoms with Crippen LogP contribution in [0.4, 0.5) is 11.4 Å². The van der Waals surface area contributed by atoms with Gasteiger partial charge in [-0.25, -0.2) is 9.50 Å².